The molecule has 0 atom stereocenters. The third-order valence-electron chi connectivity index (χ3n) is 11.0. The number of aromatic nitrogens is 2. The van der Waals surface area contributed by atoms with Crippen LogP contribution in [0.3, 0.4) is 0 Å². The first-order chi connectivity index (χ1) is 30.3. The van der Waals surface area contributed by atoms with Gasteiger partial charge in [-0.15, -0.1) is 22.7 Å². The molecule has 63 heavy (non-hydrogen) atoms. The summed E-state index contributed by atoms with van der Waals surface area (Å²) in [6, 6.07) is 52.3. The molecule has 10 aromatic rings. The summed E-state index contributed by atoms with van der Waals surface area (Å²) < 4.78 is 0. The molecule has 0 N–H and O–H groups in total. The number of benzene rings is 8. The van der Waals surface area contributed by atoms with Crippen molar-refractivity contribution < 1.29 is 17.1 Å². The average Bonchev–Trinajstić information content (AvgIpc) is 3.29. The Morgan fingerprint density at radius 1 is 0.429 bits per heavy atom. The Hall–Kier alpha value is -6.86. The first-order valence-electron chi connectivity index (χ1n) is 20.0. The van der Waals surface area contributed by atoms with E-state index in [1.165, 1.54) is 0 Å². The van der Waals surface area contributed by atoms with E-state index >= 15 is 0 Å². The number of aliphatic imine (C=N–C) groups is 2. The van der Waals surface area contributed by atoms with Crippen molar-refractivity contribution in [3.05, 3.63) is 202 Å². The zero-order valence-electron chi connectivity index (χ0n) is 34.4. The van der Waals surface area contributed by atoms with E-state index in [0.717, 1.165) is 88.1 Å². The molecule has 0 amide bonds. The Labute approximate surface area is 386 Å². The average molecular weight is 898 g/mol. The molecule has 9 heteroatoms. The van der Waals surface area contributed by atoms with Crippen LogP contribution in [0.25, 0.3) is 76.2 Å². The van der Waals surface area contributed by atoms with Crippen LogP contribution in [-0.2, 0) is 17.1 Å². The number of pyridine rings is 2. The molecule has 0 unspecified atom stereocenters. The van der Waals surface area contributed by atoms with Gasteiger partial charge in [-0.1, -0.05) is 169 Å². The fourth-order valence-electron chi connectivity index (χ4n) is 8.02. The Balaban J connectivity index is 0.000000170. The van der Waals surface area contributed by atoms with Crippen LogP contribution in [0.5, 0.6) is 0 Å². The summed E-state index contributed by atoms with van der Waals surface area (Å²) in [4.78, 5) is 18.1. The minimum Gasteiger partial charge on any atom is -0.654 e. The normalized spacial score (nSPS) is 10.9. The third-order valence-corrected chi connectivity index (χ3v) is 11.4. The van der Waals surface area contributed by atoms with Crippen LogP contribution < -0.4 is 0 Å². The molecule has 0 saturated carbocycles. The predicted octanol–water partition coefficient (Wildman–Crippen LogP) is 17.4. The van der Waals surface area contributed by atoms with Crippen molar-refractivity contribution in [2.45, 2.75) is 13.8 Å². The number of halogens is 2. The molecule has 8 aromatic carbocycles. The SMILES string of the molecule is C=Nc1c([N-]c2cccc3c2ncc2ccccc23)cc(Cl)cc1-c1ccccc1C.C=Nc1c([N-]c2cccc3c2ncc2ccccc23)cc(Cl)cc1-c1ccccc1C.[Fe+2]. The van der Waals surface area contributed by atoms with E-state index in [0.29, 0.717) is 32.8 Å². The summed E-state index contributed by atoms with van der Waals surface area (Å²) in [5.74, 6) is 0. The molecule has 0 aliphatic rings. The van der Waals surface area contributed by atoms with Gasteiger partial charge in [-0.25, -0.2) is 0 Å². The van der Waals surface area contributed by atoms with Gasteiger partial charge in [0.15, 0.2) is 0 Å². The molecular weight excluding hydrogens is 859 g/mol. The van der Waals surface area contributed by atoms with Gasteiger partial charge in [0.25, 0.3) is 0 Å². The summed E-state index contributed by atoms with van der Waals surface area (Å²) in [5, 5.41) is 17.7. The van der Waals surface area contributed by atoms with Crippen LogP contribution in [0, 0.1) is 13.8 Å². The monoisotopic (exact) mass is 896 g/mol. The summed E-state index contributed by atoms with van der Waals surface area (Å²) in [7, 11) is 0. The van der Waals surface area contributed by atoms with Crippen LogP contribution in [0.15, 0.2) is 180 Å². The summed E-state index contributed by atoms with van der Waals surface area (Å²) >= 11 is 13.0. The summed E-state index contributed by atoms with van der Waals surface area (Å²) in [5.41, 5.74) is 12.2. The summed E-state index contributed by atoms with van der Waals surface area (Å²) in [6.07, 6.45) is 3.78. The molecule has 306 valence electrons. The molecule has 0 aliphatic heterocycles. The molecule has 0 spiro atoms. The Kier molecular flexibility index (Phi) is 12.7. The number of rotatable bonds is 8. The van der Waals surface area contributed by atoms with E-state index in [4.69, 9.17) is 43.8 Å². The van der Waals surface area contributed by atoms with Gasteiger partial charge in [0.05, 0.1) is 22.4 Å². The summed E-state index contributed by atoms with van der Waals surface area (Å²) in [6.45, 7) is 11.8. The predicted molar refractivity (Wildman–Crippen MR) is 266 cm³/mol. The van der Waals surface area contributed by atoms with Gasteiger partial charge in [0, 0.05) is 55.1 Å². The van der Waals surface area contributed by atoms with Crippen LogP contribution in [0.4, 0.5) is 34.1 Å². The third kappa shape index (κ3) is 8.53. The van der Waals surface area contributed by atoms with Crippen LogP contribution in [-0.4, -0.2) is 23.4 Å². The van der Waals surface area contributed by atoms with Gasteiger partial charge in [0.1, 0.15) is 0 Å². The van der Waals surface area contributed by atoms with Crippen molar-refractivity contribution >= 4 is 114 Å². The first-order valence-corrected chi connectivity index (χ1v) is 20.8. The van der Waals surface area contributed by atoms with Gasteiger partial charge in [0.2, 0.25) is 0 Å². The van der Waals surface area contributed by atoms with Crippen LogP contribution in [0.2, 0.25) is 10.0 Å². The molecule has 0 fully saturated rings. The molecule has 0 radical (unpaired) electrons. The van der Waals surface area contributed by atoms with Crippen molar-refractivity contribution in [3.63, 3.8) is 0 Å². The molecule has 0 aliphatic carbocycles. The number of nitrogens with zero attached hydrogens (tertiary/aromatic N) is 6. The number of hydrogen-bond donors (Lipinski definition) is 0. The zero-order valence-corrected chi connectivity index (χ0v) is 37.0. The van der Waals surface area contributed by atoms with Crippen molar-refractivity contribution in [2.75, 3.05) is 0 Å². The van der Waals surface area contributed by atoms with Crippen molar-refractivity contribution in [1.82, 2.24) is 9.97 Å². The fraction of sp³-hybridized carbons (Fsp3) is 0.0370. The molecule has 2 aromatic heterocycles. The Morgan fingerprint density at radius 2 is 0.810 bits per heavy atom. The topological polar surface area (TPSA) is 78.7 Å². The fourth-order valence-corrected chi connectivity index (χ4v) is 8.44. The second kappa shape index (κ2) is 18.6. The van der Waals surface area contributed by atoms with Crippen LogP contribution >= 0.6 is 23.2 Å². The van der Waals surface area contributed by atoms with Gasteiger partial charge in [-0.2, -0.15) is 0 Å². The van der Waals surface area contributed by atoms with Gasteiger partial charge in [-0.05, 0) is 72.4 Å². The standard InChI is InChI=1S/2C27H19ClN3.Fe/c2*1-17-8-3-5-10-20(17)23-14-19(28)15-25(26(23)29-2)31-24-13-7-12-22-21-11-6-4-9-18(21)16-30-27(22)24;/h2*3-16H,2H2,1H3;/q2*-1;+2. The number of fused-ring (bicyclic) bond motifs is 6. The Morgan fingerprint density at radius 3 is 1.22 bits per heavy atom. The smallest absolute Gasteiger partial charge is 0.654 e. The van der Waals surface area contributed by atoms with Gasteiger partial charge < -0.3 is 10.6 Å². The molecule has 0 bridgehead atoms. The second-order valence-electron chi connectivity index (χ2n) is 14.8. The molecule has 2 heterocycles. The maximum atomic E-state index is 6.51. The number of hydrogen-bond acceptors (Lipinski definition) is 4. The van der Waals surface area contributed by atoms with E-state index in [1.54, 1.807) is 0 Å². The maximum Gasteiger partial charge on any atom is 2.00 e. The molecular formula is C54H38Cl2FeN6. The van der Waals surface area contributed by atoms with Gasteiger partial charge >= 0.3 is 17.1 Å². The molecule has 10 rings (SSSR count). The van der Waals surface area contributed by atoms with Crippen molar-refractivity contribution in [1.29, 1.82) is 0 Å². The van der Waals surface area contributed by atoms with Gasteiger partial charge in [-0.3, -0.25) is 20.0 Å². The Bertz CT molecular complexity index is 3140. The second-order valence-corrected chi connectivity index (χ2v) is 15.7. The number of para-hydroxylation sites is 2. The van der Waals surface area contributed by atoms with E-state index in [1.807, 2.05) is 109 Å². The van der Waals surface area contributed by atoms with E-state index in [9.17, 15) is 0 Å². The first kappa shape index (κ1) is 42.8. The minimum atomic E-state index is 0. The van der Waals surface area contributed by atoms with Crippen LogP contribution in [0.1, 0.15) is 11.1 Å². The number of aryl methyl sites for hydroxylation is 2. The molecule has 0 saturated heterocycles. The maximum absolute atomic E-state index is 6.51. The van der Waals surface area contributed by atoms with Crippen molar-refractivity contribution in [2.24, 2.45) is 9.98 Å². The largest absolute Gasteiger partial charge is 2.00 e. The van der Waals surface area contributed by atoms with Crippen molar-refractivity contribution in [3.8, 4) is 22.3 Å². The molecule has 6 nitrogen and oxygen atoms in total. The zero-order chi connectivity index (χ0) is 42.7. The van der Waals surface area contributed by atoms with E-state index < -0.39 is 0 Å². The van der Waals surface area contributed by atoms with E-state index in [2.05, 4.69) is 97.9 Å². The van der Waals surface area contributed by atoms with E-state index in [-0.39, 0.29) is 17.1 Å². The minimum absolute atomic E-state index is 0. The quantitative estimate of drug-likeness (QED) is 0.0865.